The predicted molar refractivity (Wildman–Crippen MR) is 105 cm³/mol. The number of nitrogens with zero attached hydrogens (tertiary/aromatic N) is 2. The summed E-state index contributed by atoms with van der Waals surface area (Å²) in [5.74, 6) is -0.412. The molecular formula is C20H19N3O3S. The molecule has 0 unspecified atom stereocenters. The highest BCUT2D eigenvalue weighted by molar-refractivity contribution is 7.92. The average molecular weight is 381 g/mol. The average Bonchev–Trinajstić information content (AvgIpc) is 2.68. The van der Waals surface area contributed by atoms with E-state index in [9.17, 15) is 13.2 Å². The van der Waals surface area contributed by atoms with Gasteiger partial charge in [-0.05, 0) is 43.3 Å². The van der Waals surface area contributed by atoms with E-state index in [1.165, 1.54) is 13.2 Å². The van der Waals surface area contributed by atoms with E-state index < -0.39 is 15.9 Å². The van der Waals surface area contributed by atoms with Crippen LogP contribution in [-0.2, 0) is 10.0 Å². The molecule has 3 aromatic rings. The minimum Gasteiger partial charge on any atom is -0.321 e. The lowest BCUT2D eigenvalue weighted by Gasteiger charge is -2.22. The minimum absolute atomic E-state index is 0.165. The summed E-state index contributed by atoms with van der Waals surface area (Å²) in [6, 6.07) is 16.6. The Labute approximate surface area is 158 Å². The van der Waals surface area contributed by atoms with Crippen molar-refractivity contribution in [3.63, 3.8) is 0 Å². The molecule has 0 saturated heterocycles. The summed E-state index contributed by atoms with van der Waals surface area (Å²) in [6.45, 7) is 1.89. The number of hydrogen-bond acceptors (Lipinski definition) is 4. The highest BCUT2D eigenvalue weighted by Gasteiger charge is 2.25. The van der Waals surface area contributed by atoms with Gasteiger partial charge in [0.1, 0.15) is 0 Å². The second-order valence-electron chi connectivity index (χ2n) is 6.00. The summed E-state index contributed by atoms with van der Waals surface area (Å²) < 4.78 is 27.0. The lowest BCUT2D eigenvalue weighted by molar-refractivity contribution is 0.102. The molecule has 0 radical (unpaired) electrons. The van der Waals surface area contributed by atoms with E-state index in [1.807, 2.05) is 6.92 Å². The molecule has 1 aromatic heterocycles. The van der Waals surface area contributed by atoms with Gasteiger partial charge in [0.25, 0.3) is 15.9 Å². The molecule has 27 heavy (non-hydrogen) atoms. The van der Waals surface area contributed by atoms with Crippen LogP contribution in [-0.4, -0.2) is 26.4 Å². The fraction of sp³-hybridized carbons (Fsp3) is 0.100. The third-order valence-electron chi connectivity index (χ3n) is 4.09. The van der Waals surface area contributed by atoms with Gasteiger partial charge in [-0.3, -0.25) is 14.1 Å². The molecule has 6 nitrogen and oxygen atoms in total. The summed E-state index contributed by atoms with van der Waals surface area (Å²) in [4.78, 5) is 16.8. The number of amides is 1. The summed E-state index contributed by atoms with van der Waals surface area (Å²) in [5.41, 5.74) is 2.04. The summed E-state index contributed by atoms with van der Waals surface area (Å²) >= 11 is 0. The van der Waals surface area contributed by atoms with Crippen LogP contribution < -0.4 is 9.62 Å². The number of anilines is 2. The van der Waals surface area contributed by atoms with E-state index in [0.29, 0.717) is 11.4 Å². The number of para-hydroxylation sites is 1. The molecule has 0 bridgehead atoms. The van der Waals surface area contributed by atoms with Crippen molar-refractivity contribution in [2.45, 2.75) is 11.8 Å². The van der Waals surface area contributed by atoms with Crippen LogP contribution in [0.25, 0.3) is 0 Å². The van der Waals surface area contributed by atoms with Gasteiger partial charge in [-0.2, -0.15) is 0 Å². The number of sulfonamides is 1. The van der Waals surface area contributed by atoms with Gasteiger partial charge in [0.15, 0.2) is 0 Å². The second kappa shape index (κ2) is 7.59. The van der Waals surface area contributed by atoms with Crippen LogP contribution in [0.15, 0.2) is 78.0 Å². The van der Waals surface area contributed by atoms with Crippen LogP contribution in [0.3, 0.4) is 0 Å². The van der Waals surface area contributed by atoms with Crippen molar-refractivity contribution in [1.29, 1.82) is 0 Å². The summed E-state index contributed by atoms with van der Waals surface area (Å²) in [6.07, 6.45) is 3.12. The standard InChI is InChI=1S/C20H19N3O3S/c1-15-9-11-17(12-10-15)27(25,26)23(2)19-8-4-3-7-18(19)20(24)22-16-6-5-13-21-14-16/h3-14H,1-2H3,(H,22,24). The van der Waals surface area contributed by atoms with Crippen molar-refractivity contribution < 1.29 is 13.2 Å². The Bertz CT molecular complexity index is 1050. The van der Waals surface area contributed by atoms with Gasteiger partial charge in [-0.1, -0.05) is 29.8 Å². The number of benzene rings is 2. The zero-order valence-corrected chi connectivity index (χ0v) is 15.8. The predicted octanol–water partition coefficient (Wildman–Crippen LogP) is 3.47. The van der Waals surface area contributed by atoms with Gasteiger partial charge in [0.2, 0.25) is 0 Å². The van der Waals surface area contributed by atoms with Crippen LogP contribution in [0.2, 0.25) is 0 Å². The molecule has 0 saturated carbocycles. The lowest BCUT2D eigenvalue weighted by Crippen LogP contribution is -2.29. The van der Waals surface area contributed by atoms with Crippen LogP contribution in [0.1, 0.15) is 15.9 Å². The Morgan fingerprint density at radius 2 is 1.70 bits per heavy atom. The van der Waals surface area contributed by atoms with Crippen molar-refractivity contribution in [3.8, 4) is 0 Å². The molecular weight excluding hydrogens is 362 g/mol. The van der Waals surface area contributed by atoms with Gasteiger partial charge < -0.3 is 5.32 Å². The molecule has 0 spiro atoms. The highest BCUT2D eigenvalue weighted by Crippen LogP contribution is 2.26. The third-order valence-corrected chi connectivity index (χ3v) is 5.87. The van der Waals surface area contributed by atoms with Crippen LogP contribution in [0.5, 0.6) is 0 Å². The van der Waals surface area contributed by atoms with Gasteiger partial charge in [-0.15, -0.1) is 0 Å². The van der Waals surface area contributed by atoms with Crippen LogP contribution in [0.4, 0.5) is 11.4 Å². The number of carbonyl (C=O) groups is 1. The van der Waals surface area contributed by atoms with Crippen molar-refractivity contribution in [2.24, 2.45) is 0 Å². The Kier molecular flexibility index (Phi) is 5.23. The lowest BCUT2D eigenvalue weighted by atomic mass is 10.1. The smallest absolute Gasteiger partial charge is 0.264 e. The molecule has 0 atom stereocenters. The molecule has 0 aliphatic carbocycles. The number of hydrogen-bond donors (Lipinski definition) is 1. The van der Waals surface area contributed by atoms with E-state index in [4.69, 9.17) is 0 Å². The van der Waals surface area contributed by atoms with Crippen molar-refractivity contribution in [1.82, 2.24) is 4.98 Å². The zero-order chi connectivity index (χ0) is 19.4. The van der Waals surface area contributed by atoms with Crippen LogP contribution in [0, 0.1) is 6.92 Å². The molecule has 7 heteroatoms. The number of rotatable bonds is 5. The molecule has 1 amide bonds. The maximum Gasteiger partial charge on any atom is 0.264 e. The molecule has 1 heterocycles. The molecule has 0 aliphatic rings. The largest absolute Gasteiger partial charge is 0.321 e. The monoisotopic (exact) mass is 381 g/mol. The van der Waals surface area contributed by atoms with E-state index in [2.05, 4.69) is 10.3 Å². The topological polar surface area (TPSA) is 79.4 Å². The summed E-state index contributed by atoms with van der Waals surface area (Å²) in [5, 5.41) is 2.73. The molecule has 3 rings (SSSR count). The van der Waals surface area contributed by atoms with E-state index in [-0.39, 0.29) is 10.5 Å². The Hall–Kier alpha value is -3.19. The molecule has 0 aliphatic heterocycles. The highest BCUT2D eigenvalue weighted by atomic mass is 32.2. The molecule has 2 aromatic carbocycles. The Morgan fingerprint density at radius 1 is 1.00 bits per heavy atom. The second-order valence-corrected chi connectivity index (χ2v) is 7.97. The Morgan fingerprint density at radius 3 is 2.37 bits per heavy atom. The zero-order valence-electron chi connectivity index (χ0n) is 15.0. The number of pyridine rings is 1. The first kappa shape index (κ1) is 18.6. The van der Waals surface area contributed by atoms with Gasteiger partial charge >= 0.3 is 0 Å². The molecule has 0 fully saturated rings. The molecule has 138 valence electrons. The first-order valence-corrected chi connectivity index (χ1v) is 9.69. The van der Waals surface area contributed by atoms with Crippen LogP contribution >= 0.6 is 0 Å². The SMILES string of the molecule is Cc1ccc(S(=O)(=O)N(C)c2ccccc2C(=O)Nc2cccnc2)cc1. The minimum atomic E-state index is -3.80. The van der Waals surface area contributed by atoms with Crippen molar-refractivity contribution in [3.05, 3.63) is 84.2 Å². The first-order valence-electron chi connectivity index (χ1n) is 8.25. The fourth-order valence-electron chi connectivity index (χ4n) is 2.57. The molecule has 1 N–H and O–H groups in total. The fourth-order valence-corrected chi connectivity index (χ4v) is 3.79. The summed E-state index contributed by atoms with van der Waals surface area (Å²) in [7, 11) is -2.36. The van der Waals surface area contributed by atoms with E-state index in [1.54, 1.807) is 66.9 Å². The van der Waals surface area contributed by atoms with E-state index in [0.717, 1.165) is 9.87 Å². The third kappa shape index (κ3) is 3.98. The Balaban J connectivity index is 1.95. The maximum absolute atomic E-state index is 13.0. The maximum atomic E-state index is 13.0. The number of carbonyl (C=O) groups excluding carboxylic acids is 1. The quantitative estimate of drug-likeness (QED) is 0.734. The first-order chi connectivity index (χ1) is 12.9. The number of aryl methyl sites for hydroxylation is 1. The van der Waals surface area contributed by atoms with E-state index >= 15 is 0 Å². The van der Waals surface area contributed by atoms with Gasteiger partial charge in [-0.25, -0.2) is 8.42 Å². The van der Waals surface area contributed by atoms with Gasteiger partial charge in [0, 0.05) is 13.2 Å². The number of aromatic nitrogens is 1. The number of nitrogens with one attached hydrogen (secondary N) is 1. The van der Waals surface area contributed by atoms with Gasteiger partial charge in [0.05, 0.1) is 28.0 Å². The van der Waals surface area contributed by atoms with Crippen molar-refractivity contribution >= 4 is 27.3 Å². The normalized spacial score (nSPS) is 11.0. The van der Waals surface area contributed by atoms with Crippen molar-refractivity contribution in [2.75, 3.05) is 16.7 Å².